The van der Waals surface area contributed by atoms with Crippen molar-refractivity contribution in [3.05, 3.63) is 50.1 Å². The molecule has 1 amide bonds. The lowest BCUT2D eigenvalue weighted by Gasteiger charge is -2.11. The zero-order valence-electron chi connectivity index (χ0n) is 15.9. The second-order valence-electron chi connectivity index (χ2n) is 5.95. The second-order valence-corrected chi connectivity index (χ2v) is 5.95. The summed E-state index contributed by atoms with van der Waals surface area (Å²) in [4.78, 5) is 80.4. The molecule has 0 saturated carbocycles. The number of non-ortho nitro benzene ring substituents is 1. The zero-order chi connectivity index (χ0) is 23.2. The molecule has 1 rings (SSSR count). The minimum Gasteiger partial charge on any atom is -0.463 e. The predicted molar refractivity (Wildman–Crippen MR) is 98.3 cm³/mol. The second kappa shape index (κ2) is 9.77. The van der Waals surface area contributed by atoms with Gasteiger partial charge in [-0.3, -0.25) is 39.4 Å². The van der Waals surface area contributed by atoms with Crippen LogP contribution in [0.2, 0.25) is 0 Å². The number of rotatable bonds is 9. The van der Waals surface area contributed by atoms with Crippen molar-refractivity contribution >= 4 is 46.3 Å². The number of hydrogen-bond acceptors (Lipinski definition) is 10. The van der Waals surface area contributed by atoms with Gasteiger partial charge in [-0.15, -0.1) is 0 Å². The average molecular weight is 421 g/mol. The Morgan fingerprint density at radius 3 is 2.10 bits per heavy atom. The molecule has 0 aliphatic rings. The van der Waals surface area contributed by atoms with Crippen molar-refractivity contribution in [2.75, 3.05) is 12.4 Å². The summed E-state index contributed by atoms with van der Waals surface area (Å²) in [7, 11) is 0.827. The molecule has 1 aromatic carbocycles. The highest BCUT2D eigenvalue weighted by atomic mass is 16.6. The van der Waals surface area contributed by atoms with E-state index in [1.165, 1.54) is 13.8 Å². The van der Waals surface area contributed by atoms with Crippen molar-refractivity contribution < 1.29 is 38.6 Å². The number of nitrogens with zero attached hydrogens (tertiary/aromatic N) is 2. The molecule has 0 heterocycles. The molecule has 0 saturated heterocycles. The van der Waals surface area contributed by atoms with Gasteiger partial charge in [0.1, 0.15) is 5.69 Å². The molecule has 0 aliphatic carbocycles. The lowest BCUT2D eigenvalue weighted by Crippen LogP contribution is -2.42. The minimum atomic E-state index is -2.36. The van der Waals surface area contributed by atoms with Gasteiger partial charge in [-0.1, -0.05) is 5.57 Å². The summed E-state index contributed by atoms with van der Waals surface area (Å²) in [6.07, 6.45) is 0.866. The van der Waals surface area contributed by atoms with E-state index in [1.807, 2.05) is 5.32 Å². The summed E-state index contributed by atoms with van der Waals surface area (Å²) >= 11 is 0. The van der Waals surface area contributed by atoms with Crippen LogP contribution in [0.1, 0.15) is 13.8 Å². The monoisotopic (exact) mass is 421 g/mol. The molecular weight excluding hydrogens is 406 g/mol. The third-order valence-corrected chi connectivity index (χ3v) is 3.49. The lowest BCUT2D eigenvalue weighted by atomic mass is 9.92. The quantitative estimate of drug-likeness (QED) is 0.149. The number of methoxy groups -OCH3 is 1. The molecule has 1 atom stereocenters. The summed E-state index contributed by atoms with van der Waals surface area (Å²) in [6.45, 7) is 2.92. The SMILES string of the molecule is COC(=O)C(=O)[C@H](C(=O)C=C(C)C)C(=O)C(=O)Nc1ccc([N+](=O)[O-])cc1[N+](=O)[O-]. The van der Waals surface area contributed by atoms with Crippen LogP contribution in [0.3, 0.4) is 0 Å². The van der Waals surface area contributed by atoms with Crippen molar-refractivity contribution in [2.45, 2.75) is 13.8 Å². The van der Waals surface area contributed by atoms with Gasteiger partial charge in [-0.05, 0) is 26.0 Å². The fourth-order valence-electron chi connectivity index (χ4n) is 2.17. The number of nitro groups is 2. The first-order valence-corrected chi connectivity index (χ1v) is 7.99. The summed E-state index contributed by atoms with van der Waals surface area (Å²) < 4.78 is 4.18. The highest BCUT2D eigenvalue weighted by molar-refractivity contribution is 6.55. The maximum atomic E-state index is 12.4. The number of hydrogen-bond donors (Lipinski definition) is 1. The molecule has 0 unspecified atom stereocenters. The van der Waals surface area contributed by atoms with Gasteiger partial charge in [0, 0.05) is 6.07 Å². The number of nitrogens with one attached hydrogen (secondary N) is 1. The first-order valence-electron chi connectivity index (χ1n) is 7.99. The van der Waals surface area contributed by atoms with E-state index in [-0.39, 0.29) is 0 Å². The van der Waals surface area contributed by atoms with E-state index < -0.39 is 62.1 Å². The van der Waals surface area contributed by atoms with E-state index in [0.29, 0.717) is 11.6 Å². The molecular formula is C17H15N3O10. The molecule has 13 nitrogen and oxygen atoms in total. The van der Waals surface area contributed by atoms with Crippen LogP contribution >= 0.6 is 0 Å². The fourth-order valence-corrected chi connectivity index (χ4v) is 2.17. The van der Waals surface area contributed by atoms with Crippen LogP contribution in [0.15, 0.2) is 29.8 Å². The Hall–Kier alpha value is -4.29. The number of amides is 1. The number of anilines is 1. The predicted octanol–water partition coefficient (Wildman–Crippen LogP) is 0.904. The van der Waals surface area contributed by atoms with Crippen LogP contribution in [-0.4, -0.2) is 46.2 Å². The maximum absolute atomic E-state index is 12.4. The molecule has 158 valence electrons. The number of carbonyl (C=O) groups is 5. The van der Waals surface area contributed by atoms with E-state index in [1.54, 1.807) is 0 Å². The average Bonchev–Trinajstić information content (AvgIpc) is 2.66. The van der Waals surface area contributed by atoms with Crippen molar-refractivity contribution in [1.82, 2.24) is 0 Å². The molecule has 0 aromatic heterocycles. The third-order valence-electron chi connectivity index (χ3n) is 3.49. The van der Waals surface area contributed by atoms with Gasteiger partial charge < -0.3 is 10.1 Å². The first-order chi connectivity index (χ1) is 13.9. The van der Waals surface area contributed by atoms with Gasteiger partial charge in [0.15, 0.2) is 11.7 Å². The summed E-state index contributed by atoms with van der Waals surface area (Å²) in [5.41, 5.74) is -1.79. The van der Waals surface area contributed by atoms with Crippen molar-refractivity contribution in [3.8, 4) is 0 Å². The van der Waals surface area contributed by atoms with Crippen LogP contribution in [0.25, 0.3) is 0 Å². The number of Topliss-reactive ketones (excluding diaryl/α,β-unsaturated/α-hetero) is 2. The summed E-state index contributed by atoms with van der Waals surface area (Å²) in [5, 5.41) is 23.7. The van der Waals surface area contributed by atoms with Crippen LogP contribution in [0.4, 0.5) is 17.1 Å². The Balaban J connectivity index is 3.31. The minimum absolute atomic E-state index is 0.363. The van der Waals surface area contributed by atoms with Crippen LogP contribution in [0.5, 0.6) is 0 Å². The van der Waals surface area contributed by atoms with Crippen LogP contribution < -0.4 is 5.32 Å². The Labute approximate surface area is 168 Å². The standard InChI is InChI=1S/C17H15N3O10/c1-8(2)6-12(21)13(15(23)17(25)30-3)14(22)16(24)18-10-5-4-9(19(26)27)7-11(10)20(28)29/h4-7,13H,1-3H3,(H,18,24)/t13-/m1/s1. The molecule has 0 spiro atoms. The Morgan fingerprint density at radius 2 is 1.63 bits per heavy atom. The Kier molecular flexibility index (Phi) is 7.73. The van der Waals surface area contributed by atoms with Crippen molar-refractivity contribution in [2.24, 2.45) is 5.92 Å². The van der Waals surface area contributed by atoms with Gasteiger partial charge in [-0.2, -0.15) is 0 Å². The van der Waals surface area contributed by atoms with E-state index in [2.05, 4.69) is 4.74 Å². The number of allylic oxidation sites excluding steroid dienone is 2. The number of carbonyl (C=O) groups excluding carboxylic acids is 5. The summed E-state index contributed by atoms with van der Waals surface area (Å²) in [5.74, 6) is -9.95. The highest BCUT2D eigenvalue weighted by Crippen LogP contribution is 2.29. The van der Waals surface area contributed by atoms with Gasteiger partial charge in [0.25, 0.3) is 23.1 Å². The number of nitro benzene ring substituents is 2. The van der Waals surface area contributed by atoms with Gasteiger partial charge in [0.2, 0.25) is 5.78 Å². The maximum Gasteiger partial charge on any atom is 0.375 e. The third kappa shape index (κ3) is 5.60. The topological polar surface area (TPSA) is 193 Å². The smallest absolute Gasteiger partial charge is 0.375 e. The van der Waals surface area contributed by atoms with Gasteiger partial charge >= 0.3 is 5.97 Å². The summed E-state index contributed by atoms with van der Waals surface area (Å²) in [6, 6.07) is 2.18. The Morgan fingerprint density at radius 1 is 1.03 bits per heavy atom. The van der Waals surface area contributed by atoms with Crippen LogP contribution in [-0.2, 0) is 28.7 Å². The number of ketones is 3. The molecule has 30 heavy (non-hydrogen) atoms. The zero-order valence-corrected chi connectivity index (χ0v) is 15.9. The van der Waals surface area contributed by atoms with E-state index >= 15 is 0 Å². The number of ether oxygens (including phenoxy) is 1. The van der Waals surface area contributed by atoms with Gasteiger partial charge in [-0.25, -0.2) is 4.79 Å². The van der Waals surface area contributed by atoms with E-state index in [0.717, 1.165) is 25.3 Å². The van der Waals surface area contributed by atoms with Gasteiger partial charge in [0.05, 0.1) is 23.0 Å². The molecule has 13 heteroatoms. The molecule has 0 radical (unpaired) electrons. The largest absolute Gasteiger partial charge is 0.463 e. The molecule has 0 fully saturated rings. The Bertz CT molecular complexity index is 991. The molecule has 1 N–H and O–H groups in total. The molecule has 1 aromatic rings. The number of esters is 1. The van der Waals surface area contributed by atoms with Crippen molar-refractivity contribution in [1.29, 1.82) is 0 Å². The first kappa shape index (κ1) is 23.7. The molecule has 0 aliphatic heterocycles. The number of benzene rings is 1. The molecule has 0 bridgehead atoms. The van der Waals surface area contributed by atoms with Crippen LogP contribution in [0, 0.1) is 26.1 Å². The fraction of sp³-hybridized carbons (Fsp3) is 0.235. The van der Waals surface area contributed by atoms with Crippen molar-refractivity contribution in [3.63, 3.8) is 0 Å². The lowest BCUT2D eigenvalue weighted by molar-refractivity contribution is -0.393. The highest BCUT2D eigenvalue weighted by Gasteiger charge is 2.41. The normalized spacial score (nSPS) is 10.9. The van der Waals surface area contributed by atoms with E-state index in [4.69, 9.17) is 0 Å². The van der Waals surface area contributed by atoms with E-state index in [9.17, 15) is 44.2 Å².